The van der Waals surface area contributed by atoms with Gasteiger partial charge < -0.3 is 10.8 Å². The van der Waals surface area contributed by atoms with Crippen molar-refractivity contribution in [2.45, 2.75) is 25.5 Å². The Hall–Kier alpha value is 0.1000. The minimum absolute atomic E-state index is 0.325. The molecule has 3 N–H and O–H groups in total. The van der Waals surface area contributed by atoms with Gasteiger partial charge in [-0.1, -0.05) is 38.8 Å². The maximum absolute atomic E-state index is 9.61. The number of halogens is 2. The lowest BCUT2D eigenvalue weighted by molar-refractivity contribution is 0.140. The summed E-state index contributed by atoms with van der Waals surface area (Å²) in [4.78, 5) is 0. The molecule has 2 nitrogen and oxygen atoms in total. The van der Waals surface area contributed by atoms with Gasteiger partial charge in [-0.15, -0.1) is 0 Å². The number of aliphatic hydroxyl groups is 1. The molecule has 0 unspecified atom stereocenters. The van der Waals surface area contributed by atoms with Crippen LogP contribution in [-0.2, 0) is 0 Å². The lowest BCUT2D eigenvalue weighted by Crippen LogP contribution is -2.25. The highest BCUT2D eigenvalue weighted by Gasteiger charge is 2.15. The molecule has 0 saturated carbocycles. The topological polar surface area (TPSA) is 46.2 Å². The predicted octanol–water partition coefficient (Wildman–Crippen LogP) is 2.98. The molecule has 4 heteroatoms. The molecule has 0 amide bonds. The Bertz CT molecular complexity index is 297. The Morgan fingerprint density at radius 1 is 1.29 bits per heavy atom. The van der Waals surface area contributed by atoms with Gasteiger partial charge in [0.2, 0.25) is 0 Å². The van der Waals surface area contributed by atoms with Gasteiger partial charge in [-0.25, -0.2) is 0 Å². The smallest absolute Gasteiger partial charge is 0.0730 e. The summed E-state index contributed by atoms with van der Waals surface area (Å²) < 4.78 is 1.92. The molecule has 14 heavy (non-hydrogen) atoms. The molecule has 0 bridgehead atoms. The van der Waals surface area contributed by atoms with Gasteiger partial charge in [-0.05, 0) is 30.2 Å². The van der Waals surface area contributed by atoms with Crippen LogP contribution < -0.4 is 5.73 Å². The lowest BCUT2D eigenvalue weighted by Gasteiger charge is -2.18. The molecule has 1 aromatic carbocycles. The van der Waals surface area contributed by atoms with Gasteiger partial charge in [0.25, 0.3) is 0 Å². The standard InChI is InChI=1S/C10H13Br2NO/c1-2-9(14)10(13)6-3-7(11)5-8(12)4-6/h3-5,9-10,14H,2,13H2,1H3/t9-,10+/m0/s1. The van der Waals surface area contributed by atoms with E-state index in [1.165, 1.54) is 0 Å². The van der Waals surface area contributed by atoms with E-state index in [0.29, 0.717) is 6.42 Å². The highest BCUT2D eigenvalue weighted by Crippen LogP contribution is 2.25. The van der Waals surface area contributed by atoms with Crippen LogP contribution in [0.25, 0.3) is 0 Å². The maximum Gasteiger partial charge on any atom is 0.0730 e. The Morgan fingerprint density at radius 2 is 1.79 bits per heavy atom. The van der Waals surface area contributed by atoms with Crippen LogP contribution in [0.1, 0.15) is 24.9 Å². The van der Waals surface area contributed by atoms with Gasteiger partial charge in [0.15, 0.2) is 0 Å². The monoisotopic (exact) mass is 321 g/mol. The molecule has 0 saturated heterocycles. The van der Waals surface area contributed by atoms with E-state index in [2.05, 4.69) is 31.9 Å². The third kappa shape index (κ3) is 3.05. The normalized spacial score (nSPS) is 15.2. The molecular weight excluding hydrogens is 310 g/mol. The van der Waals surface area contributed by atoms with E-state index in [4.69, 9.17) is 5.73 Å². The Morgan fingerprint density at radius 3 is 2.21 bits per heavy atom. The first kappa shape index (κ1) is 12.2. The average Bonchev–Trinajstić information content (AvgIpc) is 2.14. The van der Waals surface area contributed by atoms with E-state index in [0.717, 1.165) is 14.5 Å². The van der Waals surface area contributed by atoms with Crippen LogP contribution in [0.5, 0.6) is 0 Å². The maximum atomic E-state index is 9.61. The number of nitrogens with two attached hydrogens (primary N) is 1. The first-order valence-electron chi connectivity index (χ1n) is 4.44. The Labute approximate surface area is 101 Å². The molecule has 78 valence electrons. The van der Waals surface area contributed by atoms with Crippen molar-refractivity contribution in [3.63, 3.8) is 0 Å². The summed E-state index contributed by atoms with van der Waals surface area (Å²) >= 11 is 6.77. The number of hydrogen-bond acceptors (Lipinski definition) is 2. The van der Waals surface area contributed by atoms with E-state index in [1.807, 2.05) is 25.1 Å². The zero-order chi connectivity index (χ0) is 10.7. The third-order valence-corrected chi connectivity index (χ3v) is 3.02. The van der Waals surface area contributed by atoms with Crippen molar-refractivity contribution in [2.75, 3.05) is 0 Å². The van der Waals surface area contributed by atoms with Crippen molar-refractivity contribution < 1.29 is 5.11 Å². The number of hydrogen-bond donors (Lipinski definition) is 2. The van der Waals surface area contributed by atoms with Crippen LogP contribution in [0.4, 0.5) is 0 Å². The van der Waals surface area contributed by atoms with Gasteiger partial charge in [0, 0.05) is 8.95 Å². The molecule has 2 atom stereocenters. The van der Waals surface area contributed by atoms with Crippen LogP contribution in [0, 0.1) is 0 Å². The zero-order valence-corrected chi connectivity index (χ0v) is 11.0. The van der Waals surface area contributed by atoms with Crippen LogP contribution >= 0.6 is 31.9 Å². The molecule has 0 aliphatic carbocycles. The minimum Gasteiger partial charge on any atom is -0.391 e. The largest absolute Gasteiger partial charge is 0.391 e. The highest BCUT2D eigenvalue weighted by atomic mass is 79.9. The number of aliphatic hydroxyl groups excluding tert-OH is 1. The fourth-order valence-electron chi connectivity index (χ4n) is 1.24. The van der Waals surface area contributed by atoms with Gasteiger partial charge in [-0.2, -0.15) is 0 Å². The number of rotatable bonds is 3. The first-order valence-corrected chi connectivity index (χ1v) is 6.02. The SMILES string of the molecule is CC[C@H](O)[C@H](N)c1cc(Br)cc(Br)c1. The molecule has 0 fully saturated rings. The van der Waals surface area contributed by atoms with Gasteiger partial charge in [0.1, 0.15) is 0 Å². The summed E-state index contributed by atoms with van der Waals surface area (Å²) in [6.07, 6.45) is 0.168. The van der Waals surface area contributed by atoms with Crippen molar-refractivity contribution in [1.82, 2.24) is 0 Å². The average molecular weight is 323 g/mol. The molecule has 0 spiro atoms. The quantitative estimate of drug-likeness (QED) is 0.898. The van der Waals surface area contributed by atoms with Crippen LogP contribution in [0.3, 0.4) is 0 Å². The van der Waals surface area contributed by atoms with Crippen LogP contribution in [-0.4, -0.2) is 11.2 Å². The van der Waals surface area contributed by atoms with Crippen LogP contribution in [0.2, 0.25) is 0 Å². The van der Waals surface area contributed by atoms with Crippen molar-refractivity contribution in [3.8, 4) is 0 Å². The van der Waals surface area contributed by atoms with Crippen molar-refractivity contribution in [2.24, 2.45) is 5.73 Å². The summed E-state index contributed by atoms with van der Waals surface area (Å²) in [5.41, 5.74) is 6.83. The van der Waals surface area contributed by atoms with Gasteiger partial charge >= 0.3 is 0 Å². The zero-order valence-electron chi connectivity index (χ0n) is 7.87. The summed E-state index contributed by atoms with van der Waals surface area (Å²) in [5, 5.41) is 9.61. The second kappa shape index (κ2) is 5.26. The molecule has 0 aliphatic rings. The fourth-order valence-corrected chi connectivity index (χ4v) is 2.57. The summed E-state index contributed by atoms with van der Waals surface area (Å²) in [6, 6.07) is 5.46. The van der Waals surface area contributed by atoms with Gasteiger partial charge in [0.05, 0.1) is 12.1 Å². The van der Waals surface area contributed by atoms with E-state index in [1.54, 1.807) is 0 Å². The molecule has 1 aromatic rings. The van der Waals surface area contributed by atoms with Gasteiger partial charge in [-0.3, -0.25) is 0 Å². The van der Waals surface area contributed by atoms with E-state index >= 15 is 0 Å². The first-order chi connectivity index (χ1) is 6.54. The molecule has 0 aliphatic heterocycles. The molecule has 0 radical (unpaired) electrons. The van der Waals surface area contributed by atoms with Crippen molar-refractivity contribution in [1.29, 1.82) is 0 Å². The second-order valence-corrected chi connectivity index (χ2v) is 5.04. The fraction of sp³-hybridized carbons (Fsp3) is 0.400. The lowest BCUT2D eigenvalue weighted by atomic mass is 10.0. The molecular formula is C10H13Br2NO. The van der Waals surface area contributed by atoms with E-state index in [9.17, 15) is 5.11 Å². The summed E-state index contributed by atoms with van der Waals surface area (Å²) in [5.74, 6) is 0. The van der Waals surface area contributed by atoms with Crippen molar-refractivity contribution in [3.05, 3.63) is 32.7 Å². The Kier molecular flexibility index (Phi) is 4.57. The molecule has 0 aromatic heterocycles. The van der Waals surface area contributed by atoms with Crippen LogP contribution in [0.15, 0.2) is 27.1 Å². The molecule has 0 heterocycles. The predicted molar refractivity (Wildman–Crippen MR) is 65.1 cm³/mol. The highest BCUT2D eigenvalue weighted by molar-refractivity contribution is 9.11. The summed E-state index contributed by atoms with van der Waals surface area (Å²) in [7, 11) is 0. The molecule has 1 rings (SSSR count). The number of benzene rings is 1. The second-order valence-electron chi connectivity index (χ2n) is 3.20. The van der Waals surface area contributed by atoms with E-state index < -0.39 is 6.10 Å². The Balaban J connectivity index is 2.94. The van der Waals surface area contributed by atoms with Crippen molar-refractivity contribution >= 4 is 31.9 Å². The summed E-state index contributed by atoms with van der Waals surface area (Å²) in [6.45, 7) is 1.91. The third-order valence-electron chi connectivity index (χ3n) is 2.10. The van der Waals surface area contributed by atoms with E-state index in [-0.39, 0.29) is 6.04 Å². The minimum atomic E-state index is -0.490.